The van der Waals surface area contributed by atoms with Crippen LogP contribution in [0.2, 0.25) is 0 Å². The first-order valence-corrected chi connectivity index (χ1v) is 34.1. The summed E-state index contributed by atoms with van der Waals surface area (Å²) in [4.78, 5) is 24.6. The van der Waals surface area contributed by atoms with Crippen molar-refractivity contribution < 1.29 is 24.5 Å². The summed E-state index contributed by atoms with van der Waals surface area (Å²) in [6, 6.07) is -0.638. The van der Waals surface area contributed by atoms with E-state index < -0.39 is 12.1 Å². The summed E-state index contributed by atoms with van der Waals surface area (Å²) < 4.78 is 5.50. The normalized spacial score (nSPS) is 12.6. The molecule has 6 nitrogen and oxygen atoms in total. The van der Waals surface area contributed by atoms with E-state index >= 15 is 0 Å². The SMILES string of the molecule is CCCCCCCCCCCCCCCCCCCCCC/C=C/C(O)C(CO)NC(=O)CCCCCCCCC/C=C\CCCCCCCCOC(=O)CCCCCCCCCCCCCCCCCCCCC. The molecule has 0 radical (unpaired) electrons. The third kappa shape index (κ3) is 61.4. The number of hydrogen-bond donors (Lipinski definition) is 3. The number of carbonyl (C=O) groups excluding carboxylic acids is 2. The number of rotatable bonds is 64. The van der Waals surface area contributed by atoms with Gasteiger partial charge in [0.05, 0.1) is 25.4 Å². The lowest BCUT2D eigenvalue weighted by atomic mass is 10.0. The molecule has 0 spiro atoms. The minimum absolute atomic E-state index is 0.00295. The van der Waals surface area contributed by atoms with Gasteiger partial charge in [0.25, 0.3) is 0 Å². The van der Waals surface area contributed by atoms with Crippen LogP contribution in [0.25, 0.3) is 0 Å². The molecule has 1 amide bonds. The number of nitrogens with one attached hydrogen (secondary N) is 1. The average Bonchev–Trinajstić information content (AvgIpc) is 3.41. The van der Waals surface area contributed by atoms with Gasteiger partial charge in [0, 0.05) is 12.8 Å². The fourth-order valence-corrected chi connectivity index (χ4v) is 10.7. The highest BCUT2D eigenvalue weighted by molar-refractivity contribution is 5.76. The van der Waals surface area contributed by atoms with Gasteiger partial charge in [0.1, 0.15) is 0 Å². The molecule has 0 bridgehead atoms. The van der Waals surface area contributed by atoms with E-state index in [2.05, 4.69) is 31.3 Å². The van der Waals surface area contributed by atoms with Gasteiger partial charge in [-0.05, 0) is 57.8 Å². The van der Waals surface area contributed by atoms with Crippen LogP contribution in [-0.4, -0.2) is 47.4 Å². The first-order valence-electron chi connectivity index (χ1n) is 34.1. The molecule has 0 rings (SSSR count). The van der Waals surface area contributed by atoms with Gasteiger partial charge in [-0.15, -0.1) is 0 Å². The molecule has 3 N–H and O–H groups in total. The molecule has 0 saturated heterocycles. The van der Waals surface area contributed by atoms with Crippen LogP contribution in [0.1, 0.15) is 380 Å². The Hall–Kier alpha value is -1.66. The lowest BCUT2D eigenvalue weighted by molar-refractivity contribution is -0.143. The molecule has 0 aliphatic rings. The van der Waals surface area contributed by atoms with Crippen molar-refractivity contribution in [1.82, 2.24) is 5.32 Å². The van der Waals surface area contributed by atoms with Crippen molar-refractivity contribution >= 4 is 11.9 Å². The Bertz CT molecular complexity index is 1170. The summed E-state index contributed by atoms with van der Waals surface area (Å²) in [5.41, 5.74) is 0. The molecule has 0 heterocycles. The third-order valence-corrected chi connectivity index (χ3v) is 16.0. The smallest absolute Gasteiger partial charge is 0.305 e. The van der Waals surface area contributed by atoms with Crippen LogP contribution in [-0.2, 0) is 14.3 Å². The molecule has 0 aromatic rings. The fraction of sp³-hybridized carbons (Fsp3) is 0.913. The number of hydrogen-bond acceptors (Lipinski definition) is 5. The van der Waals surface area contributed by atoms with Gasteiger partial charge in [0.2, 0.25) is 5.91 Å². The second-order valence-electron chi connectivity index (χ2n) is 23.5. The molecule has 0 saturated carbocycles. The number of aliphatic hydroxyl groups is 2. The number of allylic oxidation sites excluding steroid dienone is 3. The zero-order chi connectivity index (χ0) is 54.3. The number of amides is 1. The Morgan fingerprint density at radius 3 is 0.947 bits per heavy atom. The Labute approximate surface area is 469 Å². The first-order chi connectivity index (χ1) is 37.0. The van der Waals surface area contributed by atoms with Gasteiger partial charge in [-0.25, -0.2) is 0 Å². The predicted octanol–water partition coefficient (Wildman–Crippen LogP) is 21.8. The highest BCUT2D eigenvalue weighted by Gasteiger charge is 2.18. The number of esters is 1. The molecule has 0 aliphatic heterocycles. The van der Waals surface area contributed by atoms with E-state index in [0.717, 1.165) is 57.8 Å². The van der Waals surface area contributed by atoms with Gasteiger partial charge >= 0.3 is 5.97 Å². The summed E-state index contributed by atoms with van der Waals surface area (Å²) in [7, 11) is 0. The summed E-state index contributed by atoms with van der Waals surface area (Å²) in [5.74, 6) is -0.0731. The number of aliphatic hydroxyl groups excluding tert-OH is 2. The largest absolute Gasteiger partial charge is 0.466 e. The maximum absolute atomic E-state index is 12.5. The monoisotopic (exact) mass is 1060 g/mol. The van der Waals surface area contributed by atoms with Gasteiger partial charge in [-0.1, -0.05) is 334 Å². The van der Waals surface area contributed by atoms with E-state index in [1.807, 2.05) is 6.08 Å². The molecule has 2 atom stereocenters. The van der Waals surface area contributed by atoms with Crippen LogP contribution in [0.15, 0.2) is 24.3 Å². The predicted molar refractivity (Wildman–Crippen MR) is 329 cm³/mol. The van der Waals surface area contributed by atoms with Crippen molar-refractivity contribution in [3.63, 3.8) is 0 Å². The quantitative estimate of drug-likeness (QED) is 0.0320. The van der Waals surface area contributed by atoms with Crippen LogP contribution in [0.5, 0.6) is 0 Å². The Balaban J connectivity index is 3.45. The maximum atomic E-state index is 12.5. The van der Waals surface area contributed by atoms with E-state index in [-0.39, 0.29) is 18.5 Å². The summed E-state index contributed by atoms with van der Waals surface area (Å²) >= 11 is 0. The molecule has 6 heteroatoms. The molecule has 0 aliphatic carbocycles. The van der Waals surface area contributed by atoms with Crippen LogP contribution < -0.4 is 5.32 Å². The summed E-state index contributed by atoms with van der Waals surface area (Å²) in [6.45, 7) is 4.92. The molecule has 75 heavy (non-hydrogen) atoms. The van der Waals surface area contributed by atoms with E-state index in [0.29, 0.717) is 19.4 Å². The van der Waals surface area contributed by atoms with Crippen molar-refractivity contribution in [1.29, 1.82) is 0 Å². The minimum Gasteiger partial charge on any atom is -0.466 e. The van der Waals surface area contributed by atoms with Crippen LogP contribution in [0.4, 0.5) is 0 Å². The molecule has 0 aromatic heterocycles. The standard InChI is InChI=1S/C69H133NO5/c1-3-5-7-9-11-13-15-17-19-21-23-24-25-27-29-33-37-41-45-49-53-57-61-67(72)66(65-71)70-68(73)62-58-54-50-46-42-38-34-30-28-32-36-40-44-48-52-56-60-64-75-69(74)63-59-55-51-47-43-39-35-31-26-22-20-18-16-14-12-10-8-6-4-2/h28,32,57,61,66-67,71-72H,3-27,29-31,33-56,58-60,62-65H2,1-2H3,(H,70,73)/b32-28-,61-57+. The molecule has 444 valence electrons. The molecule has 0 aromatic carbocycles. The van der Waals surface area contributed by atoms with Crippen molar-refractivity contribution in [2.75, 3.05) is 13.2 Å². The van der Waals surface area contributed by atoms with E-state index in [9.17, 15) is 19.8 Å². The maximum Gasteiger partial charge on any atom is 0.305 e. The molecular formula is C69H133NO5. The van der Waals surface area contributed by atoms with Crippen molar-refractivity contribution in [3.05, 3.63) is 24.3 Å². The van der Waals surface area contributed by atoms with Crippen molar-refractivity contribution in [3.8, 4) is 0 Å². The van der Waals surface area contributed by atoms with E-state index in [1.165, 1.54) is 295 Å². The second-order valence-corrected chi connectivity index (χ2v) is 23.5. The topological polar surface area (TPSA) is 95.9 Å². The minimum atomic E-state index is -0.853. The van der Waals surface area contributed by atoms with Gasteiger partial charge in [-0.3, -0.25) is 9.59 Å². The van der Waals surface area contributed by atoms with E-state index in [1.54, 1.807) is 6.08 Å². The fourth-order valence-electron chi connectivity index (χ4n) is 10.7. The van der Waals surface area contributed by atoms with E-state index in [4.69, 9.17) is 4.74 Å². The average molecular weight is 1060 g/mol. The van der Waals surface area contributed by atoms with Crippen LogP contribution in [0, 0.1) is 0 Å². The third-order valence-electron chi connectivity index (χ3n) is 16.0. The van der Waals surface area contributed by atoms with Gasteiger partial charge < -0.3 is 20.3 Å². The number of unbranched alkanes of at least 4 members (excludes halogenated alkanes) is 51. The summed E-state index contributed by atoms with van der Waals surface area (Å²) in [6.07, 6.45) is 80.9. The lowest BCUT2D eigenvalue weighted by Gasteiger charge is -2.20. The zero-order valence-electron chi connectivity index (χ0n) is 50.8. The van der Waals surface area contributed by atoms with Crippen LogP contribution in [0.3, 0.4) is 0 Å². The van der Waals surface area contributed by atoms with Gasteiger partial charge in [-0.2, -0.15) is 0 Å². The Kier molecular flexibility index (Phi) is 63.4. The molecule has 2 unspecified atom stereocenters. The molecule has 0 fully saturated rings. The Morgan fingerprint density at radius 1 is 0.360 bits per heavy atom. The highest BCUT2D eigenvalue weighted by Crippen LogP contribution is 2.18. The van der Waals surface area contributed by atoms with Crippen molar-refractivity contribution in [2.45, 2.75) is 392 Å². The van der Waals surface area contributed by atoms with Crippen molar-refractivity contribution in [2.24, 2.45) is 0 Å². The van der Waals surface area contributed by atoms with Crippen LogP contribution >= 0.6 is 0 Å². The summed E-state index contributed by atoms with van der Waals surface area (Å²) in [5, 5.41) is 23.2. The molecular weight excluding hydrogens is 923 g/mol. The second kappa shape index (κ2) is 64.9. The first kappa shape index (κ1) is 73.3. The zero-order valence-corrected chi connectivity index (χ0v) is 50.8. The number of carbonyl (C=O) groups is 2. The lowest BCUT2D eigenvalue weighted by Crippen LogP contribution is -2.45. The highest BCUT2D eigenvalue weighted by atomic mass is 16.5. The van der Waals surface area contributed by atoms with Gasteiger partial charge in [0.15, 0.2) is 0 Å². The number of ether oxygens (including phenoxy) is 1. The Morgan fingerprint density at radius 2 is 0.627 bits per heavy atom.